The molecule has 366 valence electrons. The summed E-state index contributed by atoms with van der Waals surface area (Å²) in [4.78, 5) is 16.8. The Morgan fingerprint density at radius 1 is 0.382 bits per heavy atom. The number of aryl methyl sites for hydroxylation is 2. The number of rotatable bonds is 13. The summed E-state index contributed by atoms with van der Waals surface area (Å²) < 4.78 is 7.47. The van der Waals surface area contributed by atoms with Crippen LogP contribution in [0, 0.1) is 0 Å². The molecule has 13 aromatic rings. The van der Waals surface area contributed by atoms with E-state index in [1.54, 1.807) is 0 Å². The van der Waals surface area contributed by atoms with E-state index >= 15 is 0 Å². The van der Waals surface area contributed by atoms with Crippen LogP contribution in [0.4, 0.5) is 34.1 Å². The molecule has 0 aliphatic rings. The molecule has 12 aromatic carbocycles. The second-order valence-corrected chi connectivity index (χ2v) is 20.9. The zero-order valence-electron chi connectivity index (χ0n) is 42.5. The second kappa shape index (κ2) is 20.0. The van der Waals surface area contributed by atoms with Gasteiger partial charge in [0.05, 0.1) is 18.5 Å². The Labute approximate surface area is 447 Å². The highest BCUT2D eigenvalue weighted by Gasteiger charge is 2.20. The molecule has 13 rings (SSSR count). The molecular weight excluding hydrogens is 945 g/mol. The van der Waals surface area contributed by atoms with Crippen LogP contribution in [0.15, 0.2) is 243 Å². The molecule has 0 amide bonds. The highest BCUT2D eigenvalue weighted by Crippen LogP contribution is 2.46. The van der Waals surface area contributed by atoms with Crippen molar-refractivity contribution in [3.05, 3.63) is 254 Å². The van der Waals surface area contributed by atoms with Crippen molar-refractivity contribution in [2.75, 3.05) is 16.9 Å². The van der Waals surface area contributed by atoms with E-state index in [9.17, 15) is 4.79 Å². The molecule has 4 nitrogen and oxygen atoms in total. The van der Waals surface area contributed by atoms with Gasteiger partial charge in [0, 0.05) is 60.1 Å². The lowest BCUT2D eigenvalue weighted by atomic mass is 9.98. The van der Waals surface area contributed by atoms with Gasteiger partial charge in [-0.2, -0.15) is 0 Å². The third-order valence-corrected chi connectivity index (χ3v) is 16.3. The maximum atomic E-state index is 12.0. The number of ether oxygens (including phenoxy) is 1. The highest BCUT2D eigenvalue weighted by atomic mass is 32.1. The van der Waals surface area contributed by atoms with Crippen LogP contribution in [-0.4, -0.2) is 13.1 Å². The molecule has 0 saturated heterocycles. The van der Waals surface area contributed by atoms with Crippen LogP contribution in [0.2, 0.25) is 0 Å². The van der Waals surface area contributed by atoms with Crippen LogP contribution in [0.5, 0.6) is 0 Å². The first kappa shape index (κ1) is 46.7. The van der Waals surface area contributed by atoms with Gasteiger partial charge in [0.1, 0.15) is 0 Å². The Kier molecular flexibility index (Phi) is 12.3. The lowest BCUT2D eigenvalue weighted by molar-refractivity contribution is -0.140. The number of carbonyl (C=O) groups is 1. The number of nitrogens with zero attached hydrogens (tertiary/aromatic N) is 2. The number of methoxy groups -OCH3 is 1. The van der Waals surface area contributed by atoms with Gasteiger partial charge in [-0.15, -0.1) is 11.3 Å². The lowest BCUT2D eigenvalue weighted by Crippen LogP contribution is -2.11. The molecule has 0 atom stereocenters. The fraction of sp³-hybridized carbons (Fsp3) is 0.0845. The third kappa shape index (κ3) is 8.68. The highest BCUT2D eigenvalue weighted by molar-refractivity contribution is 7.25. The summed E-state index contributed by atoms with van der Waals surface area (Å²) in [6.45, 7) is 2.24. The standard InChI is InChI=1S/C71H54N2O2S/c1-3-12-47-21-32-55(33-22-47)72(67-43-53-13-4-6-15-59(53)61-17-8-10-19-63(61)67)57-36-26-49(27-37-57)51-30-40-65-66-41-31-52(46-70(66)76-69(65)45-51)50-28-38-58(39-29-50)73(56-34-23-48(24-35-56)25-42-71(74)75-2)68-44-54-14-5-7-16-60(54)62-18-9-11-20-64(62)68/h4-11,13-24,26-41,43-46H,3,12,25,42H2,1-2H3. The molecule has 0 bridgehead atoms. The van der Waals surface area contributed by atoms with Crippen molar-refractivity contribution in [2.24, 2.45) is 0 Å². The van der Waals surface area contributed by atoms with Gasteiger partial charge < -0.3 is 14.5 Å². The molecular formula is C71H54N2O2S. The summed E-state index contributed by atoms with van der Waals surface area (Å²) in [6, 6.07) is 89.1. The number of anilines is 6. The van der Waals surface area contributed by atoms with Crippen LogP contribution in [-0.2, 0) is 22.4 Å². The molecule has 0 spiro atoms. The predicted octanol–water partition coefficient (Wildman–Crippen LogP) is 20.0. The molecule has 5 heteroatoms. The van der Waals surface area contributed by atoms with Gasteiger partial charge in [-0.05, 0) is 151 Å². The Morgan fingerprint density at radius 3 is 1.17 bits per heavy atom. The average Bonchev–Trinajstić information content (AvgIpc) is 3.86. The number of hydrogen-bond donors (Lipinski definition) is 0. The molecule has 0 aliphatic carbocycles. The molecule has 76 heavy (non-hydrogen) atoms. The number of fused-ring (bicyclic) bond motifs is 9. The lowest BCUT2D eigenvalue weighted by Gasteiger charge is -2.28. The summed E-state index contributed by atoms with van der Waals surface area (Å²) in [5, 5.41) is 12.3. The van der Waals surface area contributed by atoms with Crippen LogP contribution >= 0.6 is 11.3 Å². The summed E-state index contributed by atoms with van der Waals surface area (Å²) in [5.41, 5.74) is 13.8. The molecule has 0 fully saturated rings. The summed E-state index contributed by atoms with van der Waals surface area (Å²) >= 11 is 1.86. The summed E-state index contributed by atoms with van der Waals surface area (Å²) in [7, 11) is 1.44. The molecule has 0 saturated carbocycles. The number of thiophene rings is 1. The zero-order chi connectivity index (χ0) is 51.1. The second-order valence-electron chi connectivity index (χ2n) is 19.8. The first-order chi connectivity index (χ1) is 37.5. The quantitative estimate of drug-likeness (QED) is 0.0851. The number of benzene rings is 12. The Balaban J connectivity index is 0.822. The zero-order valence-corrected chi connectivity index (χ0v) is 43.4. The minimum atomic E-state index is -0.203. The molecule has 0 N–H and O–H groups in total. The Hall–Kier alpha value is -9.03. The SMILES string of the molecule is CCCc1ccc(N(c2ccc(-c3ccc4c(c3)sc3cc(-c5ccc(N(c6ccc(CCC(=O)OC)cc6)c6cc7ccccc7c7ccccc67)cc5)ccc34)cc2)c2cc3ccccc3c3ccccc23)cc1. The van der Waals surface area contributed by atoms with Crippen molar-refractivity contribution in [1.29, 1.82) is 0 Å². The van der Waals surface area contributed by atoms with E-state index in [4.69, 9.17) is 4.74 Å². The number of esters is 1. The van der Waals surface area contributed by atoms with Crippen molar-refractivity contribution in [2.45, 2.75) is 32.6 Å². The van der Waals surface area contributed by atoms with E-state index in [1.807, 2.05) is 11.3 Å². The van der Waals surface area contributed by atoms with Crippen LogP contribution in [0.1, 0.15) is 30.9 Å². The normalized spacial score (nSPS) is 11.6. The first-order valence-corrected chi connectivity index (χ1v) is 27.1. The van der Waals surface area contributed by atoms with Gasteiger partial charge in [-0.25, -0.2) is 0 Å². The summed E-state index contributed by atoms with van der Waals surface area (Å²) in [6.07, 6.45) is 3.16. The minimum Gasteiger partial charge on any atom is -0.469 e. The minimum absolute atomic E-state index is 0.203. The Morgan fingerprint density at radius 2 is 0.750 bits per heavy atom. The molecule has 0 unspecified atom stereocenters. The Bertz CT molecular complexity index is 4290. The van der Waals surface area contributed by atoms with Crippen molar-refractivity contribution in [3.8, 4) is 22.3 Å². The van der Waals surface area contributed by atoms with E-state index in [1.165, 1.54) is 98.3 Å². The third-order valence-electron chi connectivity index (χ3n) is 15.1. The fourth-order valence-electron chi connectivity index (χ4n) is 11.3. The van der Waals surface area contributed by atoms with E-state index in [2.05, 4.69) is 259 Å². The molecule has 1 heterocycles. The largest absolute Gasteiger partial charge is 0.469 e. The molecule has 0 radical (unpaired) electrons. The van der Waals surface area contributed by atoms with Gasteiger partial charge in [-0.1, -0.05) is 183 Å². The van der Waals surface area contributed by atoms with E-state index in [-0.39, 0.29) is 5.97 Å². The molecule has 1 aromatic heterocycles. The van der Waals surface area contributed by atoms with E-state index in [0.29, 0.717) is 12.8 Å². The van der Waals surface area contributed by atoms with Crippen molar-refractivity contribution < 1.29 is 9.53 Å². The fourth-order valence-corrected chi connectivity index (χ4v) is 12.5. The van der Waals surface area contributed by atoms with Crippen LogP contribution < -0.4 is 9.80 Å². The van der Waals surface area contributed by atoms with Gasteiger partial charge in [-0.3, -0.25) is 4.79 Å². The maximum absolute atomic E-state index is 12.0. The van der Waals surface area contributed by atoms with Gasteiger partial charge in [0.15, 0.2) is 0 Å². The maximum Gasteiger partial charge on any atom is 0.305 e. The number of carbonyl (C=O) groups excluding carboxylic acids is 1. The van der Waals surface area contributed by atoms with E-state index < -0.39 is 0 Å². The average molecular weight is 999 g/mol. The van der Waals surface area contributed by atoms with Gasteiger partial charge in [0.25, 0.3) is 0 Å². The smallest absolute Gasteiger partial charge is 0.305 e. The van der Waals surface area contributed by atoms with Crippen molar-refractivity contribution in [1.82, 2.24) is 0 Å². The van der Waals surface area contributed by atoms with Crippen molar-refractivity contribution >= 4 is 115 Å². The molecule has 0 aliphatic heterocycles. The summed E-state index contributed by atoms with van der Waals surface area (Å²) in [5.74, 6) is -0.203. The first-order valence-electron chi connectivity index (χ1n) is 26.3. The predicted molar refractivity (Wildman–Crippen MR) is 324 cm³/mol. The van der Waals surface area contributed by atoms with Gasteiger partial charge in [0.2, 0.25) is 0 Å². The number of hydrogen-bond acceptors (Lipinski definition) is 5. The van der Waals surface area contributed by atoms with E-state index in [0.717, 1.165) is 52.4 Å². The monoisotopic (exact) mass is 998 g/mol. The van der Waals surface area contributed by atoms with Gasteiger partial charge >= 0.3 is 5.97 Å². The van der Waals surface area contributed by atoms with Crippen LogP contribution in [0.3, 0.4) is 0 Å². The van der Waals surface area contributed by atoms with Crippen molar-refractivity contribution in [3.63, 3.8) is 0 Å². The van der Waals surface area contributed by atoms with Crippen LogP contribution in [0.25, 0.3) is 85.5 Å². The topological polar surface area (TPSA) is 32.8 Å².